The zero-order valence-corrected chi connectivity index (χ0v) is 15.7. The number of aromatic nitrogens is 5. The van der Waals surface area contributed by atoms with Crippen molar-refractivity contribution in [1.29, 1.82) is 0 Å². The van der Waals surface area contributed by atoms with Crippen molar-refractivity contribution < 1.29 is 4.79 Å². The van der Waals surface area contributed by atoms with Crippen molar-refractivity contribution >= 4 is 5.91 Å². The molecule has 0 spiro atoms. The van der Waals surface area contributed by atoms with Crippen molar-refractivity contribution in [1.82, 2.24) is 34.5 Å². The second-order valence-electron chi connectivity index (χ2n) is 7.22. The third kappa shape index (κ3) is 3.20. The predicted molar refractivity (Wildman–Crippen MR) is 104 cm³/mol. The van der Waals surface area contributed by atoms with E-state index in [2.05, 4.69) is 20.0 Å². The van der Waals surface area contributed by atoms with Gasteiger partial charge in [0, 0.05) is 57.3 Å². The van der Waals surface area contributed by atoms with Crippen molar-refractivity contribution in [3.8, 4) is 11.4 Å². The molecule has 0 radical (unpaired) electrons. The van der Waals surface area contributed by atoms with Gasteiger partial charge < -0.3 is 14.8 Å². The van der Waals surface area contributed by atoms with E-state index in [4.69, 9.17) is 4.98 Å². The van der Waals surface area contributed by atoms with Gasteiger partial charge in [-0.3, -0.25) is 4.79 Å². The maximum atomic E-state index is 13.0. The summed E-state index contributed by atoms with van der Waals surface area (Å²) in [5.41, 5.74) is 1.57. The summed E-state index contributed by atoms with van der Waals surface area (Å²) >= 11 is 0. The molecule has 8 nitrogen and oxygen atoms in total. The Hall–Kier alpha value is -3.00. The molecule has 1 aromatic carbocycles. The second-order valence-corrected chi connectivity index (χ2v) is 7.22. The molecule has 3 aromatic rings. The normalized spacial score (nSPS) is 16.8. The molecule has 2 aromatic heterocycles. The van der Waals surface area contributed by atoms with E-state index in [1.54, 1.807) is 0 Å². The summed E-state index contributed by atoms with van der Waals surface area (Å²) in [6, 6.07) is 10.0. The number of rotatable bonds is 2. The van der Waals surface area contributed by atoms with E-state index in [9.17, 15) is 4.79 Å². The molecule has 144 valence electrons. The van der Waals surface area contributed by atoms with Gasteiger partial charge in [0.15, 0.2) is 5.82 Å². The number of amides is 1. The molecule has 0 saturated carbocycles. The van der Waals surface area contributed by atoms with Gasteiger partial charge in [0.25, 0.3) is 5.91 Å². The fraction of sp³-hybridized carbons (Fsp3) is 0.400. The number of hydrogen-bond donors (Lipinski definition) is 1. The van der Waals surface area contributed by atoms with Crippen LogP contribution in [0.4, 0.5) is 0 Å². The number of nitrogens with zero attached hydrogens (tertiary/aromatic N) is 6. The first-order valence-corrected chi connectivity index (χ1v) is 9.83. The van der Waals surface area contributed by atoms with Crippen molar-refractivity contribution in [2.45, 2.75) is 25.9 Å². The number of carbonyl (C=O) groups excluding carboxylic acids is 1. The first-order chi connectivity index (χ1) is 13.8. The summed E-state index contributed by atoms with van der Waals surface area (Å²) in [4.78, 5) is 24.2. The second kappa shape index (κ2) is 7.20. The van der Waals surface area contributed by atoms with Crippen LogP contribution in [0.3, 0.4) is 0 Å². The fourth-order valence-electron chi connectivity index (χ4n) is 3.85. The first kappa shape index (κ1) is 17.1. The molecule has 2 aliphatic rings. The number of fused-ring (bicyclic) bond motifs is 2. The minimum atomic E-state index is 0.00238. The van der Waals surface area contributed by atoms with Crippen LogP contribution in [-0.4, -0.2) is 61.3 Å². The van der Waals surface area contributed by atoms with Crippen molar-refractivity contribution in [2.75, 3.05) is 26.2 Å². The summed E-state index contributed by atoms with van der Waals surface area (Å²) in [6.45, 7) is 4.58. The van der Waals surface area contributed by atoms with Crippen LogP contribution in [0, 0.1) is 0 Å². The number of carbonyl (C=O) groups is 1. The van der Waals surface area contributed by atoms with Crippen LogP contribution < -0.4 is 5.32 Å². The minimum Gasteiger partial charge on any atom is -0.335 e. The summed E-state index contributed by atoms with van der Waals surface area (Å²) in [7, 11) is 0. The molecule has 1 N–H and O–H groups in total. The van der Waals surface area contributed by atoms with Crippen LogP contribution in [0.2, 0.25) is 0 Å². The molecule has 0 bridgehead atoms. The van der Waals surface area contributed by atoms with Crippen molar-refractivity contribution in [3.05, 3.63) is 53.9 Å². The van der Waals surface area contributed by atoms with E-state index in [0.717, 1.165) is 49.1 Å². The highest BCUT2D eigenvalue weighted by Crippen LogP contribution is 2.18. The van der Waals surface area contributed by atoms with Gasteiger partial charge in [-0.15, -0.1) is 0 Å². The maximum absolute atomic E-state index is 13.0. The fourth-order valence-corrected chi connectivity index (χ4v) is 3.85. The maximum Gasteiger partial charge on any atom is 0.274 e. The highest BCUT2D eigenvalue weighted by atomic mass is 16.2. The van der Waals surface area contributed by atoms with E-state index < -0.39 is 0 Å². The van der Waals surface area contributed by atoms with Gasteiger partial charge in [0.1, 0.15) is 17.3 Å². The van der Waals surface area contributed by atoms with Crippen LogP contribution in [0.25, 0.3) is 11.4 Å². The topological polar surface area (TPSA) is 80.9 Å². The van der Waals surface area contributed by atoms with Gasteiger partial charge in [-0.25, -0.2) is 14.6 Å². The summed E-state index contributed by atoms with van der Waals surface area (Å²) in [5, 5.41) is 8.00. The zero-order valence-electron chi connectivity index (χ0n) is 15.7. The van der Waals surface area contributed by atoms with E-state index >= 15 is 0 Å². The molecule has 0 atom stereocenters. The van der Waals surface area contributed by atoms with Gasteiger partial charge in [-0.05, 0) is 0 Å². The molecule has 8 heteroatoms. The van der Waals surface area contributed by atoms with Crippen LogP contribution in [0.1, 0.15) is 22.1 Å². The molecule has 0 fully saturated rings. The highest BCUT2D eigenvalue weighted by Gasteiger charge is 2.24. The third-order valence-corrected chi connectivity index (χ3v) is 5.39. The molecule has 0 aliphatic carbocycles. The Morgan fingerprint density at radius 2 is 1.82 bits per heavy atom. The summed E-state index contributed by atoms with van der Waals surface area (Å²) in [6.07, 6.45) is 3.46. The monoisotopic (exact) mass is 377 g/mol. The lowest BCUT2D eigenvalue weighted by atomic mass is 10.2. The average Bonchev–Trinajstić information content (AvgIpc) is 3.19. The Bertz CT molecular complexity index is 942. The van der Waals surface area contributed by atoms with E-state index in [1.807, 2.05) is 46.1 Å². The summed E-state index contributed by atoms with van der Waals surface area (Å²) < 4.78 is 4.04. The molecule has 0 saturated heterocycles. The Morgan fingerprint density at radius 3 is 2.71 bits per heavy atom. The summed E-state index contributed by atoms with van der Waals surface area (Å²) in [5.74, 6) is 2.68. The quantitative estimate of drug-likeness (QED) is 0.720. The highest BCUT2D eigenvalue weighted by molar-refractivity contribution is 5.92. The van der Waals surface area contributed by atoms with Crippen LogP contribution in [0.15, 0.2) is 36.5 Å². The van der Waals surface area contributed by atoms with Crippen molar-refractivity contribution in [2.24, 2.45) is 0 Å². The lowest BCUT2D eigenvalue weighted by molar-refractivity contribution is 0.0752. The SMILES string of the molecule is O=C(c1cn2c(n1)CCNCC2)N1CCc2nc(-c3ccccc3)nn2CC1. The Kier molecular flexibility index (Phi) is 4.40. The largest absolute Gasteiger partial charge is 0.335 e. The molecule has 28 heavy (non-hydrogen) atoms. The lowest BCUT2D eigenvalue weighted by Gasteiger charge is -2.18. The van der Waals surface area contributed by atoms with E-state index in [-0.39, 0.29) is 5.91 Å². The lowest BCUT2D eigenvalue weighted by Crippen LogP contribution is -2.34. The molecule has 0 unspecified atom stereocenters. The number of hydrogen-bond acceptors (Lipinski definition) is 5. The Labute approximate surface area is 163 Å². The molecular weight excluding hydrogens is 354 g/mol. The Morgan fingerprint density at radius 1 is 0.929 bits per heavy atom. The molecule has 2 aliphatic heterocycles. The number of benzene rings is 1. The predicted octanol–water partition coefficient (Wildman–Crippen LogP) is 0.986. The Balaban J connectivity index is 1.31. The van der Waals surface area contributed by atoms with Gasteiger partial charge in [-0.2, -0.15) is 5.10 Å². The smallest absolute Gasteiger partial charge is 0.274 e. The van der Waals surface area contributed by atoms with Crippen LogP contribution in [0.5, 0.6) is 0 Å². The zero-order chi connectivity index (χ0) is 18.9. The van der Waals surface area contributed by atoms with Gasteiger partial charge in [0.05, 0.1) is 6.54 Å². The average molecular weight is 377 g/mol. The molecular formula is C20H23N7O. The third-order valence-electron chi connectivity index (χ3n) is 5.39. The minimum absolute atomic E-state index is 0.00238. The van der Waals surface area contributed by atoms with Gasteiger partial charge in [-0.1, -0.05) is 30.3 Å². The van der Waals surface area contributed by atoms with Gasteiger partial charge in [0.2, 0.25) is 0 Å². The molecule has 4 heterocycles. The van der Waals surface area contributed by atoms with Crippen LogP contribution in [-0.2, 0) is 25.9 Å². The van der Waals surface area contributed by atoms with Gasteiger partial charge >= 0.3 is 0 Å². The first-order valence-electron chi connectivity index (χ1n) is 9.83. The number of imidazole rings is 1. The number of nitrogens with one attached hydrogen (secondary N) is 1. The molecule has 5 rings (SSSR count). The van der Waals surface area contributed by atoms with E-state index in [0.29, 0.717) is 31.7 Å². The van der Waals surface area contributed by atoms with E-state index in [1.165, 1.54) is 0 Å². The van der Waals surface area contributed by atoms with Crippen LogP contribution >= 0.6 is 0 Å². The molecule has 1 amide bonds. The van der Waals surface area contributed by atoms with Crippen molar-refractivity contribution in [3.63, 3.8) is 0 Å². The standard InChI is InChI=1S/C20H23N7O/c28-20(16-14-26-11-9-21-8-6-17(26)22-16)25-10-7-18-23-19(24-27(18)13-12-25)15-4-2-1-3-5-15/h1-5,14,21H,6-13H2.